The zero-order chi connectivity index (χ0) is 11.2. The van der Waals surface area contributed by atoms with Crippen LogP contribution in [0.3, 0.4) is 0 Å². The molecule has 1 aliphatic rings. The van der Waals surface area contributed by atoms with E-state index in [-0.39, 0.29) is 6.61 Å². The van der Waals surface area contributed by atoms with Crippen molar-refractivity contribution in [3.8, 4) is 0 Å². The molecule has 1 saturated heterocycles. The third-order valence-electron chi connectivity index (χ3n) is 2.97. The number of aliphatic hydroxyl groups is 1. The Balaban J connectivity index is 1.76. The van der Waals surface area contributed by atoms with Crippen LogP contribution >= 0.6 is 0 Å². The zero-order valence-corrected chi connectivity index (χ0v) is 9.47. The number of aliphatic hydroxyl groups excluding tert-OH is 1. The van der Waals surface area contributed by atoms with Gasteiger partial charge in [0.05, 0.1) is 6.61 Å². The van der Waals surface area contributed by atoms with Gasteiger partial charge in [-0.05, 0) is 24.1 Å². The van der Waals surface area contributed by atoms with Gasteiger partial charge in [0.2, 0.25) is 0 Å². The van der Waals surface area contributed by atoms with Crippen molar-refractivity contribution < 1.29 is 5.11 Å². The molecule has 0 spiro atoms. The molecular formula is C12H19N3O. The number of aromatic nitrogens is 1. The van der Waals surface area contributed by atoms with E-state index < -0.39 is 0 Å². The van der Waals surface area contributed by atoms with Crippen LogP contribution in [-0.4, -0.2) is 47.3 Å². The summed E-state index contributed by atoms with van der Waals surface area (Å²) in [6.07, 6.45) is 4.85. The van der Waals surface area contributed by atoms with E-state index >= 15 is 0 Å². The molecule has 2 rings (SSSR count). The summed E-state index contributed by atoms with van der Waals surface area (Å²) in [5, 5.41) is 12.1. The van der Waals surface area contributed by atoms with E-state index in [1.54, 1.807) is 0 Å². The molecule has 1 aromatic heterocycles. The molecule has 1 aliphatic heterocycles. The monoisotopic (exact) mass is 221 g/mol. The van der Waals surface area contributed by atoms with Gasteiger partial charge in [0.1, 0.15) is 0 Å². The molecule has 4 heteroatoms. The standard InChI is InChI=1S/C12H19N3O/c16-8-6-14-12-3-7-15(10-12)9-11-1-4-13-5-2-11/h1-2,4-5,12,14,16H,3,6-10H2. The second-order valence-corrected chi connectivity index (χ2v) is 4.25. The van der Waals surface area contributed by atoms with Gasteiger partial charge < -0.3 is 10.4 Å². The van der Waals surface area contributed by atoms with Crippen LogP contribution in [0.1, 0.15) is 12.0 Å². The van der Waals surface area contributed by atoms with Crippen molar-refractivity contribution in [3.63, 3.8) is 0 Å². The summed E-state index contributed by atoms with van der Waals surface area (Å²) in [5.41, 5.74) is 1.32. The van der Waals surface area contributed by atoms with E-state index in [4.69, 9.17) is 5.11 Å². The van der Waals surface area contributed by atoms with Crippen molar-refractivity contribution in [1.82, 2.24) is 15.2 Å². The van der Waals surface area contributed by atoms with E-state index in [1.807, 2.05) is 12.4 Å². The van der Waals surface area contributed by atoms with Crippen molar-refractivity contribution in [2.45, 2.75) is 19.0 Å². The molecule has 16 heavy (non-hydrogen) atoms. The van der Waals surface area contributed by atoms with Crippen LogP contribution in [0.5, 0.6) is 0 Å². The fourth-order valence-electron chi connectivity index (χ4n) is 2.16. The molecule has 1 atom stereocenters. The number of likely N-dealkylation sites (tertiary alicyclic amines) is 1. The van der Waals surface area contributed by atoms with E-state index in [0.29, 0.717) is 12.6 Å². The molecule has 0 aromatic carbocycles. The first-order valence-corrected chi connectivity index (χ1v) is 5.84. The highest BCUT2D eigenvalue weighted by atomic mass is 16.3. The smallest absolute Gasteiger partial charge is 0.0556 e. The van der Waals surface area contributed by atoms with Gasteiger partial charge in [-0.3, -0.25) is 9.88 Å². The number of nitrogens with one attached hydrogen (secondary N) is 1. The molecule has 0 bridgehead atoms. The summed E-state index contributed by atoms with van der Waals surface area (Å²) >= 11 is 0. The van der Waals surface area contributed by atoms with Crippen molar-refractivity contribution in [2.75, 3.05) is 26.2 Å². The average molecular weight is 221 g/mol. The van der Waals surface area contributed by atoms with Crippen molar-refractivity contribution in [3.05, 3.63) is 30.1 Å². The molecule has 2 N–H and O–H groups in total. The van der Waals surface area contributed by atoms with Crippen LogP contribution in [0, 0.1) is 0 Å². The minimum Gasteiger partial charge on any atom is -0.395 e. The average Bonchev–Trinajstić information content (AvgIpc) is 2.75. The Bertz CT molecular complexity index is 304. The molecule has 1 aromatic rings. The zero-order valence-electron chi connectivity index (χ0n) is 9.47. The highest BCUT2D eigenvalue weighted by molar-refractivity contribution is 5.09. The lowest BCUT2D eigenvalue weighted by Gasteiger charge is -2.16. The third-order valence-corrected chi connectivity index (χ3v) is 2.97. The number of rotatable bonds is 5. The third kappa shape index (κ3) is 3.27. The molecule has 1 fully saturated rings. The lowest BCUT2D eigenvalue weighted by Crippen LogP contribution is -2.34. The van der Waals surface area contributed by atoms with Crippen LogP contribution in [0.25, 0.3) is 0 Å². The molecule has 2 heterocycles. The number of nitrogens with zero attached hydrogens (tertiary/aromatic N) is 2. The van der Waals surface area contributed by atoms with Gasteiger partial charge in [-0.25, -0.2) is 0 Å². The van der Waals surface area contributed by atoms with E-state index in [1.165, 1.54) is 12.0 Å². The largest absolute Gasteiger partial charge is 0.395 e. The molecule has 0 saturated carbocycles. The highest BCUT2D eigenvalue weighted by Gasteiger charge is 2.21. The van der Waals surface area contributed by atoms with Crippen molar-refractivity contribution in [2.24, 2.45) is 0 Å². The Morgan fingerprint density at radius 1 is 1.44 bits per heavy atom. The molecule has 88 valence electrons. The number of hydrogen-bond acceptors (Lipinski definition) is 4. The summed E-state index contributed by atoms with van der Waals surface area (Å²) in [7, 11) is 0. The van der Waals surface area contributed by atoms with Crippen LogP contribution in [0.15, 0.2) is 24.5 Å². The Kier molecular flexibility index (Phi) is 4.27. The first-order valence-electron chi connectivity index (χ1n) is 5.84. The van der Waals surface area contributed by atoms with E-state index in [2.05, 4.69) is 27.3 Å². The lowest BCUT2D eigenvalue weighted by atomic mass is 10.2. The second-order valence-electron chi connectivity index (χ2n) is 4.25. The quantitative estimate of drug-likeness (QED) is 0.747. The van der Waals surface area contributed by atoms with Crippen molar-refractivity contribution >= 4 is 0 Å². The predicted molar refractivity (Wildman–Crippen MR) is 63.0 cm³/mol. The second kappa shape index (κ2) is 5.94. The summed E-state index contributed by atoms with van der Waals surface area (Å²) in [4.78, 5) is 6.45. The highest BCUT2D eigenvalue weighted by Crippen LogP contribution is 2.12. The van der Waals surface area contributed by atoms with E-state index in [9.17, 15) is 0 Å². The van der Waals surface area contributed by atoms with E-state index in [0.717, 1.165) is 19.6 Å². The topological polar surface area (TPSA) is 48.4 Å². The van der Waals surface area contributed by atoms with Gasteiger partial charge in [0, 0.05) is 44.6 Å². The summed E-state index contributed by atoms with van der Waals surface area (Å²) in [5.74, 6) is 0. The normalized spacial score (nSPS) is 21.4. The Labute approximate surface area is 96.3 Å². The Morgan fingerprint density at radius 2 is 2.25 bits per heavy atom. The molecular weight excluding hydrogens is 202 g/mol. The van der Waals surface area contributed by atoms with Crippen LogP contribution in [0.2, 0.25) is 0 Å². The molecule has 0 amide bonds. The molecule has 4 nitrogen and oxygen atoms in total. The predicted octanol–water partition coefficient (Wildman–Crippen LogP) is 0.238. The fourth-order valence-corrected chi connectivity index (χ4v) is 2.16. The van der Waals surface area contributed by atoms with Crippen LogP contribution < -0.4 is 5.32 Å². The number of hydrogen-bond donors (Lipinski definition) is 2. The van der Waals surface area contributed by atoms with Gasteiger partial charge >= 0.3 is 0 Å². The van der Waals surface area contributed by atoms with Gasteiger partial charge in [-0.1, -0.05) is 0 Å². The number of pyridine rings is 1. The Morgan fingerprint density at radius 3 is 3.00 bits per heavy atom. The van der Waals surface area contributed by atoms with Gasteiger partial charge in [-0.15, -0.1) is 0 Å². The Hall–Kier alpha value is -0.970. The maximum atomic E-state index is 8.74. The first-order chi connectivity index (χ1) is 7.88. The van der Waals surface area contributed by atoms with Gasteiger partial charge in [0.15, 0.2) is 0 Å². The van der Waals surface area contributed by atoms with Crippen LogP contribution in [-0.2, 0) is 6.54 Å². The maximum Gasteiger partial charge on any atom is 0.0556 e. The lowest BCUT2D eigenvalue weighted by molar-refractivity contribution is 0.278. The molecule has 0 aliphatic carbocycles. The summed E-state index contributed by atoms with van der Waals surface area (Å²) in [6, 6.07) is 4.66. The minimum absolute atomic E-state index is 0.223. The van der Waals surface area contributed by atoms with Gasteiger partial charge in [-0.2, -0.15) is 0 Å². The first kappa shape index (κ1) is 11.5. The molecule has 1 unspecified atom stereocenters. The molecule has 0 radical (unpaired) electrons. The summed E-state index contributed by atoms with van der Waals surface area (Å²) in [6.45, 7) is 4.13. The SMILES string of the molecule is OCCNC1CCN(Cc2ccncc2)C1. The fraction of sp³-hybridized carbons (Fsp3) is 0.583. The van der Waals surface area contributed by atoms with Crippen LogP contribution in [0.4, 0.5) is 0 Å². The van der Waals surface area contributed by atoms with Gasteiger partial charge in [0.25, 0.3) is 0 Å². The summed E-state index contributed by atoms with van der Waals surface area (Å²) < 4.78 is 0. The minimum atomic E-state index is 0.223. The van der Waals surface area contributed by atoms with Crippen molar-refractivity contribution in [1.29, 1.82) is 0 Å². The maximum absolute atomic E-state index is 8.74.